The highest BCUT2D eigenvalue weighted by molar-refractivity contribution is 6.07. The van der Waals surface area contributed by atoms with E-state index in [1.807, 2.05) is 91.9 Å². The van der Waals surface area contributed by atoms with Gasteiger partial charge in [-0.15, -0.1) is 6.58 Å². The minimum atomic E-state index is -0.616. The number of imide groups is 1. The van der Waals surface area contributed by atoms with Crippen LogP contribution in [0.5, 0.6) is 0 Å². The molecule has 3 amide bonds. The third kappa shape index (κ3) is 5.48. The third-order valence-corrected chi connectivity index (χ3v) is 7.14. The normalized spacial score (nSPS) is 15.7. The van der Waals surface area contributed by atoms with Crippen LogP contribution < -0.4 is 4.90 Å². The predicted molar refractivity (Wildman–Crippen MR) is 152 cm³/mol. The molecule has 1 aromatic heterocycles. The van der Waals surface area contributed by atoms with Crippen molar-refractivity contribution in [2.45, 2.75) is 31.7 Å². The topological polar surface area (TPSA) is 82.7 Å². The average molecular weight is 522 g/mol. The first-order valence-corrected chi connectivity index (χ1v) is 13.0. The van der Waals surface area contributed by atoms with E-state index in [9.17, 15) is 14.4 Å². The van der Waals surface area contributed by atoms with Crippen LogP contribution in [0.4, 0.5) is 10.5 Å². The molecule has 2 atom stereocenters. The molecule has 0 saturated carbocycles. The highest BCUT2D eigenvalue weighted by atomic mass is 16.6. The van der Waals surface area contributed by atoms with Gasteiger partial charge in [-0.05, 0) is 60.7 Å². The molecule has 0 radical (unpaired) electrons. The van der Waals surface area contributed by atoms with E-state index in [0.29, 0.717) is 12.1 Å². The molecule has 4 aromatic rings. The molecule has 1 saturated heterocycles. The molecule has 1 N–H and O–H groups in total. The number of hydrogen-bond acceptors (Lipinski definition) is 4. The lowest BCUT2D eigenvalue weighted by Crippen LogP contribution is -2.35. The number of ether oxygens (including phenoxy) is 1. The zero-order valence-electron chi connectivity index (χ0n) is 22.1. The van der Waals surface area contributed by atoms with Gasteiger partial charge in [0.05, 0.1) is 0 Å². The standard InChI is InChI=1S/C32H31N3O4/c1-21(2)16-24(19-30(36)35-29(20-39-32(35)38)22-10-6-4-7-11-22)23-14-15-27-25(17-23)18-28(33-27)31(37)34(3)26-12-8-5-9-13-26/h4-15,17-18,24,29,33H,1,16,19-20H2,2-3H3/t24-,29+/m1/s1. The van der Waals surface area contributed by atoms with Crippen molar-refractivity contribution in [1.29, 1.82) is 0 Å². The first-order valence-electron chi connectivity index (χ1n) is 13.0. The Labute approximate surface area is 227 Å². The lowest BCUT2D eigenvalue weighted by atomic mass is 9.88. The quantitative estimate of drug-likeness (QED) is 0.265. The molecule has 39 heavy (non-hydrogen) atoms. The molecule has 198 valence electrons. The fraction of sp³-hybridized carbons (Fsp3) is 0.219. The van der Waals surface area contributed by atoms with E-state index in [-0.39, 0.29) is 30.8 Å². The van der Waals surface area contributed by atoms with Crippen molar-refractivity contribution in [3.05, 3.63) is 114 Å². The molecule has 1 aliphatic rings. The maximum absolute atomic E-state index is 13.5. The summed E-state index contributed by atoms with van der Waals surface area (Å²) in [5, 5.41) is 0.874. The number of fused-ring (bicyclic) bond motifs is 1. The van der Waals surface area contributed by atoms with Crippen LogP contribution in [0.2, 0.25) is 0 Å². The van der Waals surface area contributed by atoms with Gasteiger partial charge in [-0.1, -0.05) is 60.2 Å². The Hall–Kier alpha value is -4.65. The zero-order valence-corrected chi connectivity index (χ0v) is 22.1. The van der Waals surface area contributed by atoms with Crippen molar-refractivity contribution >= 4 is 34.5 Å². The number of carbonyl (C=O) groups excluding carboxylic acids is 3. The molecule has 5 rings (SSSR count). The average Bonchev–Trinajstić information content (AvgIpc) is 3.55. The Balaban J connectivity index is 1.39. The van der Waals surface area contributed by atoms with Crippen molar-refractivity contribution < 1.29 is 19.1 Å². The smallest absolute Gasteiger partial charge is 0.417 e. The number of cyclic esters (lactones) is 1. The number of aromatic amines is 1. The number of nitrogens with one attached hydrogen (secondary N) is 1. The molecular weight excluding hydrogens is 490 g/mol. The summed E-state index contributed by atoms with van der Waals surface area (Å²) in [7, 11) is 1.75. The number of anilines is 1. The number of para-hydroxylation sites is 1. The second-order valence-electron chi connectivity index (χ2n) is 10.1. The Morgan fingerprint density at radius 3 is 2.41 bits per heavy atom. The summed E-state index contributed by atoms with van der Waals surface area (Å²) in [6, 6.07) is 26.2. The van der Waals surface area contributed by atoms with Crippen LogP contribution in [0.25, 0.3) is 10.9 Å². The lowest BCUT2D eigenvalue weighted by molar-refractivity contribution is -0.129. The number of carbonyl (C=O) groups is 3. The van der Waals surface area contributed by atoms with E-state index in [1.54, 1.807) is 11.9 Å². The van der Waals surface area contributed by atoms with Crippen LogP contribution in [0, 0.1) is 0 Å². The number of hydrogen-bond donors (Lipinski definition) is 1. The van der Waals surface area contributed by atoms with Crippen molar-refractivity contribution in [3.63, 3.8) is 0 Å². The zero-order chi connectivity index (χ0) is 27.5. The summed E-state index contributed by atoms with van der Waals surface area (Å²) in [6.45, 7) is 6.14. The van der Waals surface area contributed by atoms with E-state index in [0.717, 1.165) is 33.3 Å². The molecule has 7 nitrogen and oxygen atoms in total. The van der Waals surface area contributed by atoms with E-state index in [4.69, 9.17) is 4.74 Å². The molecule has 0 unspecified atom stereocenters. The molecule has 0 bridgehead atoms. The van der Waals surface area contributed by atoms with Crippen molar-refractivity contribution in [2.75, 3.05) is 18.6 Å². The second kappa shape index (κ2) is 11.0. The fourth-order valence-corrected chi connectivity index (χ4v) is 5.13. The number of amides is 3. The first kappa shape index (κ1) is 26.0. The largest absolute Gasteiger partial charge is 0.446 e. The van der Waals surface area contributed by atoms with Crippen molar-refractivity contribution in [1.82, 2.24) is 9.88 Å². The summed E-state index contributed by atoms with van der Waals surface area (Å²) in [5.74, 6) is -0.621. The Bertz CT molecular complexity index is 1530. The molecule has 1 aliphatic heterocycles. The number of benzene rings is 3. The maximum Gasteiger partial charge on any atom is 0.417 e. The molecule has 0 aliphatic carbocycles. The Morgan fingerprint density at radius 1 is 1.03 bits per heavy atom. The monoisotopic (exact) mass is 521 g/mol. The highest BCUT2D eigenvalue weighted by Gasteiger charge is 2.39. The van der Waals surface area contributed by atoms with Crippen LogP contribution in [0.3, 0.4) is 0 Å². The molecule has 1 fully saturated rings. The SMILES string of the molecule is C=C(C)C[C@H](CC(=O)N1C(=O)OC[C@H]1c1ccccc1)c1ccc2[nH]c(C(=O)N(C)c3ccccc3)cc2c1. The van der Waals surface area contributed by atoms with Gasteiger partial charge in [0.15, 0.2) is 0 Å². The molecule has 7 heteroatoms. The van der Waals surface area contributed by atoms with Gasteiger partial charge in [0.25, 0.3) is 5.91 Å². The molecule has 2 heterocycles. The summed E-state index contributed by atoms with van der Waals surface area (Å²) in [4.78, 5) is 45.3. The van der Waals surface area contributed by atoms with E-state index in [2.05, 4.69) is 11.6 Å². The van der Waals surface area contributed by atoms with E-state index < -0.39 is 12.1 Å². The molecule has 0 spiro atoms. The van der Waals surface area contributed by atoms with Gasteiger partial charge in [-0.2, -0.15) is 0 Å². The van der Waals surface area contributed by atoms with Gasteiger partial charge in [-0.25, -0.2) is 9.69 Å². The number of allylic oxidation sites excluding steroid dienone is 1. The van der Waals surface area contributed by atoms with Crippen LogP contribution in [-0.4, -0.2) is 41.4 Å². The number of nitrogens with zero attached hydrogens (tertiary/aromatic N) is 2. The number of H-pyrrole nitrogens is 1. The summed E-state index contributed by atoms with van der Waals surface area (Å²) >= 11 is 0. The van der Waals surface area contributed by atoms with Crippen molar-refractivity contribution in [3.8, 4) is 0 Å². The van der Waals surface area contributed by atoms with Crippen molar-refractivity contribution in [2.24, 2.45) is 0 Å². The number of rotatable bonds is 8. The van der Waals surface area contributed by atoms with Crippen LogP contribution in [0.1, 0.15) is 53.3 Å². The summed E-state index contributed by atoms with van der Waals surface area (Å²) in [6.07, 6.45) is 0.0991. The van der Waals surface area contributed by atoms with Gasteiger partial charge in [0.1, 0.15) is 18.3 Å². The number of aromatic nitrogens is 1. The minimum absolute atomic E-state index is 0.129. The third-order valence-electron chi connectivity index (χ3n) is 7.14. The maximum atomic E-state index is 13.5. The van der Waals surface area contributed by atoms with E-state index >= 15 is 0 Å². The predicted octanol–water partition coefficient (Wildman–Crippen LogP) is 6.60. The molecule has 3 aromatic carbocycles. The van der Waals surface area contributed by atoms with E-state index in [1.165, 1.54) is 4.90 Å². The van der Waals surface area contributed by atoms with Gasteiger partial charge in [0.2, 0.25) is 5.91 Å². The van der Waals surface area contributed by atoms with Gasteiger partial charge in [-0.3, -0.25) is 9.59 Å². The van der Waals surface area contributed by atoms with Gasteiger partial charge in [0, 0.05) is 30.1 Å². The molecular formula is C32H31N3O4. The van der Waals surface area contributed by atoms with Gasteiger partial charge >= 0.3 is 6.09 Å². The summed E-state index contributed by atoms with van der Waals surface area (Å²) in [5.41, 5.74) is 4.85. The van der Waals surface area contributed by atoms with Crippen LogP contribution >= 0.6 is 0 Å². The van der Waals surface area contributed by atoms with Crippen LogP contribution in [-0.2, 0) is 9.53 Å². The minimum Gasteiger partial charge on any atom is -0.446 e. The fourth-order valence-electron chi connectivity index (χ4n) is 5.13. The second-order valence-corrected chi connectivity index (χ2v) is 10.1. The first-order chi connectivity index (χ1) is 18.8. The Morgan fingerprint density at radius 2 is 1.72 bits per heavy atom. The Kier molecular flexibility index (Phi) is 7.32. The lowest BCUT2D eigenvalue weighted by Gasteiger charge is -2.23. The van der Waals surface area contributed by atoms with Gasteiger partial charge < -0.3 is 14.6 Å². The highest BCUT2D eigenvalue weighted by Crippen LogP contribution is 2.34. The van der Waals surface area contributed by atoms with Crippen LogP contribution in [0.15, 0.2) is 97.1 Å². The summed E-state index contributed by atoms with van der Waals surface area (Å²) < 4.78 is 5.26.